The van der Waals surface area contributed by atoms with Gasteiger partial charge in [0, 0.05) is 12.2 Å². The van der Waals surface area contributed by atoms with E-state index in [1.807, 2.05) is 36.4 Å². The topological polar surface area (TPSA) is 24.5 Å². The molecule has 0 aromatic heterocycles. The third-order valence-electron chi connectivity index (χ3n) is 4.55. The third kappa shape index (κ3) is 5.08. The highest BCUT2D eigenvalue weighted by Crippen LogP contribution is 2.24. The molecule has 3 nitrogen and oxygen atoms in total. The highest BCUT2D eigenvalue weighted by Gasteiger charge is 2.19. The number of methoxy groups -OCH3 is 1. The molecule has 3 aromatic rings. The number of hydrogen-bond acceptors (Lipinski definition) is 2. The van der Waals surface area contributed by atoms with Gasteiger partial charge < -0.3 is 15.0 Å². The molecule has 3 rings (SSSR count). The Morgan fingerprint density at radius 2 is 1.52 bits per heavy atom. The molecular formula is C23H24N2OS. The predicted molar refractivity (Wildman–Crippen MR) is 116 cm³/mol. The Balaban J connectivity index is 1.82. The first kappa shape index (κ1) is 18.9. The summed E-state index contributed by atoms with van der Waals surface area (Å²) in [7, 11) is 1.66. The van der Waals surface area contributed by atoms with Crippen LogP contribution in [-0.2, 0) is 6.54 Å². The van der Waals surface area contributed by atoms with Crippen LogP contribution in [0.15, 0.2) is 84.9 Å². The summed E-state index contributed by atoms with van der Waals surface area (Å²) in [6.07, 6.45) is 0. The largest absolute Gasteiger partial charge is 0.497 e. The number of anilines is 1. The molecule has 1 N–H and O–H groups in total. The van der Waals surface area contributed by atoms with Gasteiger partial charge in [-0.05, 0) is 54.5 Å². The predicted octanol–water partition coefficient (Wildman–Crippen LogP) is 5.66. The summed E-state index contributed by atoms with van der Waals surface area (Å²) < 4.78 is 5.23. The maximum Gasteiger partial charge on any atom is 0.174 e. The van der Waals surface area contributed by atoms with Gasteiger partial charge in [0.1, 0.15) is 5.75 Å². The van der Waals surface area contributed by atoms with Gasteiger partial charge in [0.05, 0.1) is 13.2 Å². The number of hydrogen-bond donors (Lipinski definition) is 1. The first-order valence-electron chi connectivity index (χ1n) is 8.98. The zero-order valence-electron chi connectivity index (χ0n) is 15.6. The van der Waals surface area contributed by atoms with Gasteiger partial charge in [-0.1, -0.05) is 60.7 Å². The normalized spacial score (nSPS) is 11.5. The van der Waals surface area contributed by atoms with Crippen molar-refractivity contribution >= 4 is 23.0 Å². The molecule has 1 atom stereocenters. The van der Waals surface area contributed by atoms with Crippen molar-refractivity contribution in [1.82, 2.24) is 4.90 Å². The van der Waals surface area contributed by atoms with Crippen molar-refractivity contribution < 1.29 is 4.74 Å². The Hall–Kier alpha value is -2.85. The fraction of sp³-hybridized carbons (Fsp3) is 0.174. The number of benzene rings is 3. The van der Waals surface area contributed by atoms with Crippen LogP contribution in [0, 0.1) is 0 Å². The molecule has 0 amide bonds. The van der Waals surface area contributed by atoms with E-state index in [4.69, 9.17) is 17.0 Å². The van der Waals surface area contributed by atoms with E-state index in [9.17, 15) is 0 Å². The Bertz CT molecular complexity index is 851. The molecule has 0 fully saturated rings. The summed E-state index contributed by atoms with van der Waals surface area (Å²) in [5.41, 5.74) is 3.39. The molecule has 0 heterocycles. The highest BCUT2D eigenvalue weighted by molar-refractivity contribution is 7.80. The van der Waals surface area contributed by atoms with Crippen molar-refractivity contribution in [2.24, 2.45) is 0 Å². The lowest BCUT2D eigenvalue weighted by Crippen LogP contribution is -2.36. The van der Waals surface area contributed by atoms with Crippen LogP contribution < -0.4 is 10.1 Å². The van der Waals surface area contributed by atoms with Crippen LogP contribution in [0.5, 0.6) is 5.75 Å². The third-order valence-corrected chi connectivity index (χ3v) is 4.88. The summed E-state index contributed by atoms with van der Waals surface area (Å²) in [4.78, 5) is 2.21. The van der Waals surface area contributed by atoms with Crippen LogP contribution in [-0.4, -0.2) is 17.1 Å². The summed E-state index contributed by atoms with van der Waals surface area (Å²) >= 11 is 5.78. The van der Waals surface area contributed by atoms with Gasteiger partial charge in [0.2, 0.25) is 0 Å². The maximum absolute atomic E-state index is 5.78. The fourth-order valence-electron chi connectivity index (χ4n) is 2.95. The number of thiocarbonyl (C=S) groups is 1. The first-order chi connectivity index (χ1) is 13.2. The van der Waals surface area contributed by atoms with E-state index in [-0.39, 0.29) is 6.04 Å². The average molecular weight is 377 g/mol. The Morgan fingerprint density at radius 1 is 0.926 bits per heavy atom. The van der Waals surface area contributed by atoms with Gasteiger partial charge in [-0.3, -0.25) is 0 Å². The molecule has 138 valence electrons. The van der Waals surface area contributed by atoms with Crippen molar-refractivity contribution in [2.75, 3.05) is 12.4 Å². The molecule has 0 aliphatic carbocycles. The second-order valence-electron chi connectivity index (χ2n) is 6.36. The Morgan fingerprint density at radius 3 is 2.11 bits per heavy atom. The summed E-state index contributed by atoms with van der Waals surface area (Å²) in [5, 5.41) is 4.06. The van der Waals surface area contributed by atoms with Crippen LogP contribution >= 0.6 is 12.2 Å². The molecule has 27 heavy (non-hydrogen) atoms. The van der Waals surface area contributed by atoms with E-state index in [0.717, 1.165) is 18.0 Å². The SMILES string of the molecule is COc1ccc(NC(=S)N(Cc2ccccc2)[C@H](C)c2ccccc2)cc1. The summed E-state index contributed by atoms with van der Waals surface area (Å²) in [6, 6.07) is 28.8. The molecule has 0 saturated carbocycles. The van der Waals surface area contributed by atoms with Crippen molar-refractivity contribution in [3.05, 3.63) is 96.1 Å². The lowest BCUT2D eigenvalue weighted by atomic mass is 10.1. The average Bonchev–Trinajstić information content (AvgIpc) is 2.73. The van der Waals surface area contributed by atoms with Crippen LogP contribution in [0.1, 0.15) is 24.1 Å². The minimum Gasteiger partial charge on any atom is -0.497 e. The van der Waals surface area contributed by atoms with Crippen molar-refractivity contribution in [2.45, 2.75) is 19.5 Å². The molecule has 3 aromatic carbocycles. The molecule has 0 radical (unpaired) electrons. The summed E-state index contributed by atoms with van der Waals surface area (Å²) in [6.45, 7) is 2.92. The van der Waals surface area contributed by atoms with Crippen molar-refractivity contribution in [3.8, 4) is 5.75 Å². The van der Waals surface area contributed by atoms with Crippen LogP contribution in [0.25, 0.3) is 0 Å². The number of nitrogens with one attached hydrogen (secondary N) is 1. The van der Waals surface area contributed by atoms with Crippen LogP contribution in [0.3, 0.4) is 0 Å². The van der Waals surface area contributed by atoms with E-state index in [0.29, 0.717) is 5.11 Å². The van der Waals surface area contributed by atoms with E-state index in [1.165, 1.54) is 11.1 Å². The van der Waals surface area contributed by atoms with Gasteiger partial charge in [-0.25, -0.2) is 0 Å². The lowest BCUT2D eigenvalue weighted by molar-refractivity contribution is 0.334. The molecule has 0 aliphatic rings. The smallest absolute Gasteiger partial charge is 0.174 e. The molecule has 0 saturated heterocycles. The molecule has 0 aliphatic heterocycles. The molecular weight excluding hydrogens is 352 g/mol. The van der Waals surface area contributed by atoms with E-state index in [2.05, 4.69) is 65.7 Å². The van der Waals surface area contributed by atoms with E-state index < -0.39 is 0 Å². The van der Waals surface area contributed by atoms with E-state index in [1.54, 1.807) is 7.11 Å². The molecule has 0 spiro atoms. The van der Waals surface area contributed by atoms with Crippen LogP contribution in [0.4, 0.5) is 5.69 Å². The Kier molecular flexibility index (Phi) is 6.44. The second-order valence-corrected chi connectivity index (χ2v) is 6.75. The molecule has 0 unspecified atom stereocenters. The lowest BCUT2D eigenvalue weighted by Gasteiger charge is -2.32. The van der Waals surface area contributed by atoms with Crippen LogP contribution in [0.2, 0.25) is 0 Å². The second kappa shape index (κ2) is 9.19. The Labute approximate surface area is 166 Å². The van der Waals surface area contributed by atoms with E-state index >= 15 is 0 Å². The van der Waals surface area contributed by atoms with Gasteiger partial charge in [0.25, 0.3) is 0 Å². The van der Waals surface area contributed by atoms with Crippen molar-refractivity contribution in [3.63, 3.8) is 0 Å². The maximum atomic E-state index is 5.78. The zero-order chi connectivity index (χ0) is 19.1. The van der Waals surface area contributed by atoms with Gasteiger partial charge >= 0.3 is 0 Å². The fourth-order valence-corrected chi connectivity index (χ4v) is 3.29. The first-order valence-corrected chi connectivity index (χ1v) is 9.39. The monoisotopic (exact) mass is 376 g/mol. The van der Waals surface area contributed by atoms with Gasteiger partial charge in [0.15, 0.2) is 5.11 Å². The molecule has 4 heteroatoms. The quantitative estimate of drug-likeness (QED) is 0.561. The number of ether oxygens (including phenoxy) is 1. The minimum absolute atomic E-state index is 0.143. The minimum atomic E-state index is 0.143. The number of nitrogens with zero attached hydrogens (tertiary/aromatic N) is 1. The van der Waals surface area contributed by atoms with Gasteiger partial charge in [-0.15, -0.1) is 0 Å². The van der Waals surface area contributed by atoms with Crippen molar-refractivity contribution in [1.29, 1.82) is 0 Å². The highest BCUT2D eigenvalue weighted by atomic mass is 32.1. The zero-order valence-corrected chi connectivity index (χ0v) is 16.4. The molecule has 0 bridgehead atoms. The summed E-state index contributed by atoms with van der Waals surface area (Å²) in [5.74, 6) is 0.824. The number of rotatable bonds is 6. The van der Waals surface area contributed by atoms with Gasteiger partial charge in [-0.2, -0.15) is 0 Å². The standard InChI is InChI=1S/C23H24N2OS/c1-18(20-11-7-4-8-12-20)25(17-19-9-5-3-6-10-19)23(27)24-21-13-15-22(26-2)16-14-21/h3-16,18H,17H2,1-2H3,(H,24,27)/t18-/m1/s1.